The summed E-state index contributed by atoms with van der Waals surface area (Å²) in [5, 5.41) is 13.2. The number of anilines is 2. The number of aromatic nitrogens is 3. The van der Waals surface area contributed by atoms with E-state index in [-0.39, 0.29) is 11.3 Å². The predicted octanol–water partition coefficient (Wildman–Crippen LogP) is 4.30. The Balaban J connectivity index is 1.32. The Hall–Kier alpha value is -4.18. The third-order valence-corrected chi connectivity index (χ3v) is 6.97. The van der Waals surface area contributed by atoms with Gasteiger partial charge in [0.05, 0.1) is 0 Å². The number of pyridine rings is 1. The zero-order chi connectivity index (χ0) is 25.5. The summed E-state index contributed by atoms with van der Waals surface area (Å²) in [6.45, 7) is 3.28. The molecule has 6 rings (SSSR count). The van der Waals surface area contributed by atoms with E-state index in [9.17, 15) is 9.18 Å². The van der Waals surface area contributed by atoms with Crippen LogP contribution in [0.1, 0.15) is 0 Å². The number of halogens is 2. The van der Waals surface area contributed by atoms with Crippen LogP contribution in [-0.2, 0) is 6.54 Å². The summed E-state index contributed by atoms with van der Waals surface area (Å²) in [6.07, 6.45) is 0.775. The van der Waals surface area contributed by atoms with E-state index in [1.54, 1.807) is 18.3 Å². The minimum atomic E-state index is -0.934. The lowest BCUT2D eigenvalue weighted by molar-refractivity contribution is 0.142. The number of benzene rings is 2. The Bertz CT molecular complexity index is 1530. The van der Waals surface area contributed by atoms with E-state index >= 15 is 0 Å². The fourth-order valence-electron chi connectivity index (χ4n) is 4.81. The van der Waals surface area contributed by atoms with E-state index in [4.69, 9.17) is 16.7 Å². The number of hydrogen-bond acceptors (Lipinski definition) is 6. The molecule has 4 aliphatic heterocycles. The number of nitrogens with one attached hydrogen (secondary N) is 1. The molecule has 11 heteroatoms. The number of nitrogens with zero attached hydrogens (tertiary/aromatic N) is 6. The molecule has 2 aromatic carbocycles. The van der Waals surface area contributed by atoms with Crippen LogP contribution >= 0.6 is 11.6 Å². The summed E-state index contributed by atoms with van der Waals surface area (Å²) >= 11 is 6.07. The van der Waals surface area contributed by atoms with Crippen LogP contribution in [-0.4, -0.2) is 63.4 Å². The highest BCUT2D eigenvalue weighted by molar-refractivity contribution is 6.30. The molecule has 4 heterocycles. The molecule has 1 amide bonds. The summed E-state index contributed by atoms with van der Waals surface area (Å²) in [4.78, 5) is 27.9. The lowest BCUT2D eigenvalue weighted by Crippen LogP contribution is -2.48. The van der Waals surface area contributed by atoms with Crippen molar-refractivity contribution in [3.05, 3.63) is 71.2 Å². The van der Waals surface area contributed by atoms with Crippen molar-refractivity contribution in [2.75, 3.05) is 42.9 Å². The molecule has 1 fully saturated rings. The van der Waals surface area contributed by atoms with Crippen LogP contribution in [0.2, 0.25) is 5.02 Å². The van der Waals surface area contributed by atoms with Gasteiger partial charge in [0.25, 0.3) is 5.62 Å². The molecule has 0 aromatic heterocycles. The van der Waals surface area contributed by atoms with Crippen LogP contribution in [0.5, 0.6) is 0 Å². The number of fused-ring (bicyclic) bond motifs is 3. The molecular formula is C26H23ClFN7O2. The van der Waals surface area contributed by atoms with Gasteiger partial charge in [-0.2, -0.15) is 4.98 Å². The number of rotatable bonds is 3. The van der Waals surface area contributed by atoms with Gasteiger partial charge >= 0.3 is 6.09 Å². The third-order valence-electron chi connectivity index (χ3n) is 6.71. The summed E-state index contributed by atoms with van der Waals surface area (Å²) in [5.74, 6) is 1.19. The average molecular weight is 520 g/mol. The van der Waals surface area contributed by atoms with Crippen LogP contribution in [0.25, 0.3) is 22.5 Å². The molecule has 188 valence electrons. The molecule has 0 unspecified atom stereocenters. The Morgan fingerprint density at radius 3 is 2.54 bits per heavy atom. The fourth-order valence-corrected chi connectivity index (χ4v) is 4.94. The number of hydrogen-bond donors (Lipinski definition) is 2. The Morgan fingerprint density at radius 1 is 1.03 bits per heavy atom. The standard InChI is InChI=1S/C26H23ClFN7O2/c27-18-3-1-16(2-4-18)20-13-17-15-30-25(32-23(17)35-8-7-29-24(20)35)31-22-6-5-19(14-21(22)28)33-9-11-34(12-10-33)26(36)37/h1-6,13-15,29H,7-12H2,(H,36,37). The van der Waals surface area contributed by atoms with Gasteiger partial charge in [0.1, 0.15) is 17.3 Å². The fraction of sp³-hybridized carbons (Fsp3) is 0.231. The van der Waals surface area contributed by atoms with Crippen molar-refractivity contribution in [1.29, 1.82) is 0 Å². The second-order valence-electron chi connectivity index (χ2n) is 8.95. The molecule has 2 N–H and O–H groups in total. The zero-order valence-corrected chi connectivity index (χ0v) is 20.5. The van der Waals surface area contributed by atoms with Gasteiger partial charge in [-0.25, -0.2) is 19.2 Å². The SMILES string of the molecule is O=C(O)N1CCN(c2ccc(N=c3ncc4cc(-c5ccc(Cl)cc5)c5n(c-4n3)CCN5)c(F)c2)CC1. The molecule has 0 spiro atoms. The molecule has 0 aliphatic carbocycles. The average Bonchev–Trinajstić information content (AvgIpc) is 3.41. The van der Waals surface area contributed by atoms with Gasteiger partial charge in [0, 0.05) is 67.3 Å². The Kier molecular flexibility index (Phi) is 5.88. The van der Waals surface area contributed by atoms with Gasteiger partial charge in [-0.1, -0.05) is 23.7 Å². The number of carbonyl (C=O) groups is 1. The Morgan fingerprint density at radius 2 is 1.81 bits per heavy atom. The molecule has 0 saturated carbocycles. The molecule has 4 aliphatic rings. The second kappa shape index (κ2) is 9.36. The third kappa shape index (κ3) is 4.44. The van der Waals surface area contributed by atoms with Gasteiger partial charge < -0.3 is 24.8 Å². The zero-order valence-electron chi connectivity index (χ0n) is 19.7. The van der Waals surface area contributed by atoms with Gasteiger partial charge in [0.2, 0.25) is 0 Å². The number of carboxylic acid groups (broad SMARTS) is 1. The predicted molar refractivity (Wildman–Crippen MR) is 139 cm³/mol. The van der Waals surface area contributed by atoms with Crippen LogP contribution in [0, 0.1) is 5.82 Å². The smallest absolute Gasteiger partial charge is 0.407 e. The van der Waals surface area contributed by atoms with Crippen molar-refractivity contribution in [3.63, 3.8) is 0 Å². The number of amides is 1. The monoisotopic (exact) mass is 519 g/mol. The van der Waals surface area contributed by atoms with Crippen molar-refractivity contribution >= 4 is 34.9 Å². The first kappa shape index (κ1) is 23.2. The van der Waals surface area contributed by atoms with E-state index in [0.717, 1.165) is 41.4 Å². The topological polar surface area (TPSA) is 98.9 Å². The van der Waals surface area contributed by atoms with E-state index < -0.39 is 11.9 Å². The quantitative estimate of drug-likeness (QED) is 0.419. The van der Waals surface area contributed by atoms with Gasteiger partial charge in [0.15, 0.2) is 5.82 Å². The van der Waals surface area contributed by atoms with Gasteiger partial charge in [-0.15, -0.1) is 0 Å². The maximum Gasteiger partial charge on any atom is 0.407 e. The summed E-state index contributed by atoms with van der Waals surface area (Å²) in [6, 6.07) is 14.5. The minimum Gasteiger partial charge on any atom is -0.465 e. The maximum absolute atomic E-state index is 15.0. The lowest BCUT2D eigenvalue weighted by Gasteiger charge is -2.34. The second-order valence-corrected chi connectivity index (χ2v) is 9.38. The molecule has 0 bridgehead atoms. The van der Waals surface area contributed by atoms with E-state index in [1.807, 2.05) is 35.2 Å². The normalized spacial score (nSPS) is 15.7. The van der Waals surface area contributed by atoms with Crippen molar-refractivity contribution in [2.45, 2.75) is 6.54 Å². The highest BCUT2D eigenvalue weighted by atomic mass is 35.5. The molecule has 2 aromatic rings. The van der Waals surface area contributed by atoms with E-state index in [0.29, 0.717) is 36.9 Å². The summed E-state index contributed by atoms with van der Waals surface area (Å²) in [5.41, 5.74) is 3.92. The highest BCUT2D eigenvalue weighted by Crippen LogP contribution is 2.36. The molecule has 0 atom stereocenters. The van der Waals surface area contributed by atoms with Crippen LogP contribution in [0.3, 0.4) is 0 Å². The van der Waals surface area contributed by atoms with Crippen LogP contribution in [0.4, 0.5) is 26.4 Å². The molecule has 0 radical (unpaired) electrons. The van der Waals surface area contributed by atoms with Gasteiger partial charge in [-0.3, -0.25) is 0 Å². The lowest BCUT2D eigenvalue weighted by atomic mass is 10.0. The molecule has 37 heavy (non-hydrogen) atoms. The molecular weight excluding hydrogens is 497 g/mol. The van der Waals surface area contributed by atoms with E-state index in [2.05, 4.69) is 24.8 Å². The largest absolute Gasteiger partial charge is 0.465 e. The van der Waals surface area contributed by atoms with Crippen molar-refractivity contribution < 1.29 is 14.3 Å². The van der Waals surface area contributed by atoms with Crippen molar-refractivity contribution in [2.24, 2.45) is 4.99 Å². The highest BCUT2D eigenvalue weighted by Gasteiger charge is 2.23. The van der Waals surface area contributed by atoms with E-state index in [1.165, 1.54) is 11.0 Å². The van der Waals surface area contributed by atoms with Crippen LogP contribution < -0.4 is 15.8 Å². The maximum atomic E-state index is 15.0. The van der Waals surface area contributed by atoms with Crippen molar-refractivity contribution in [1.82, 2.24) is 19.4 Å². The van der Waals surface area contributed by atoms with Crippen molar-refractivity contribution in [3.8, 4) is 22.5 Å². The molecule has 9 nitrogen and oxygen atoms in total. The summed E-state index contributed by atoms with van der Waals surface area (Å²) < 4.78 is 17.1. The van der Waals surface area contributed by atoms with Crippen LogP contribution in [0.15, 0.2) is 59.7 Å². The molecule has 1 saturated heterocycles. The first-order valence-electron chi connectivity index (χ1n) is 11.9. The Labute approximate surface area is 216 Å². The minimum absolute atomic E-state index is 0.143. The first-order valence-corrected chi connectivity index (χ1v) is 12.3. The first-order chi connectivity index (χ1) is 18.0. The summed E-state index contributed by atoms with van der Waals surface area (Å²) in [7, 11) is 0. The van der Waals surface area contributed by atoms with Gasteiger partial charge in [-0.05, 0) is 42.0 Å². The number of piperazine rings is 1.